The average molecular weight is 310 g/mol. The van der Waals surface area contributed by atoms with E-state index < -0.39 is 0 Å². The molecule has 0 radical (unpaired) electrons. The van der Waals surface area contributed by atoms with Crippen molar-refractivity contribution in [3.63, 3.8) is 0 Å². The van der Waals surface area contributed by atoms with E-state index in [0.29, 0.717) is 10.9 Å². The predicted molar refractivity (Wildman–Crippen MR) is 76.0 cm³/mol. The summed E-state index contributed by atoms with van der Waals surface area (Å²) in [4.78, 5) is 4.36. The second kappa shape index (κ2) is 5.34. The maximum Gasteiger partial charge on any atom is 0.131 e. The molecule has 0 unspecified atom stereocenters. The van der Waals surface area contributed by atoms with E-state index in [2.05, 4.69) is 20.9 Å². The van der Waals surface area contributed by atoms with Crippen LogP contribution >= 0.6 is 27.5 Å². The van der Waals surface area contributed by atoms with Crippen LogP contribution in [0.4, 0.5) is 5.69 Å². The highest BCUT2D eigenvalue weighted by Crippen LogP contribution is 2.28. The zero-order valence-corrected chi connectivity index (χ0v) is 11.2. The van der Waals surface area contributed by atoms with Gasteiger partial charge in [0, 0.05) is 15.1 Å². The highest BCUT2D eigenvalue weighted by molar-refractivity contribution is 9.10. The Morgan fingerprint density at radius 1 is 1.12 bits per heavy atom. The molecule has 0 saturated heterocycles. The number of aliphatic imine (C=N–C) groups is 1. The minimum Gasteiger partial charge on any atom is -0.383 e. The summed E-state index contributed by atoms with van der Waals surface area (Å²) < 4.78 is 0.823. The van der Waals surface area contributed by atoms with Gasteiger partial charge in [-0.25, -0.2) is 4.99 Å². The van der Waals surface area contributed by atoms with Crippen molar-refractivity contribution in [2.24, 2.45) is 10.7 Å². The van der Waals surface area contributed by atoms with Gasteiger partial charge >= 0.3 is 0 Å². The molecule has 0 amide bonds. The van der Waals surface area contributed by atoms with Crippen LogP contribution in [0.1, 0.15) is 5.56 Å². The zero-order valence-electron chi connectivity index (χ0n) is 8.90. The summed E-state index contributed by atoms with van der Waals surface area (Å²) in [6.07, 6.45) is 0. The molecule has 0 saturated carbocycles. The number of nitrogens with zero attached hydrogens (tertiary/aromatic N) is 1. The Morgan fingerprint density at radius 2 is 1.82 bits per heavy atom. The second-order valence-corrected chi connectivity index (χ2v) is 4.75. The van der Waals surface area contributed by atoms with Crippen molar-refractivity contribution in [1.29, 1.82) is 0 Å². The van der Waals surface area contributed by atoms with Crippen LogP contribution in [0.15, 0.2) is 58.0 Å². The van der Waals surface area contributed by atoms with Gasteiger partial charge in [-0.1, -0.05) is 41.9 Å². The fraction of sp³-hybridized carbons (Fsp3) is 0. The summed E-state index contributed by atoms with van der Waals surface area (Å²) in [5, 5.41) is 0.661. The normalized spacial score (nSPS) is 11.5. The first-order valence-corrected chi connectivity index (χ1v) is 6.18. The van der Waals surface area contributed by atoms with Crippen LogP contribution in [0, 0.1) is 0 Å². The Morgan fingerprint density at radius 3 is 2.47 bits per heavy atom. The first kappa shape index (κ1) is 12.1. The highest BCUT2D eigenvalue weighted by atomic mass is 79.9. The molecule has 2 rings (SSSR count). The fourth-order valence-corrected chi connectivity index (χ4v) is 2.15. The Hall–Kier alpha value is -1.32. The summed E-state index contributed by atoms with van der Waals surface area (Å²) in [6.45, 7) is 0. The van der Waals surface area contributed by atoms with Gasteiger partial charge in [-0.15, -0.1) is 0 Å². The van der Waals surface area contributed by atoms with Crippen molar-refractivity contribution in [1.82, 2.24) is 0 Å². The molecule has 0 fully saturated rings. The van der Waals surface area contributed by atoms with Gasteiger partial charge in [0.1, 0.15) is 5.84 Å². The number of hydrogen-bond acceptors (Lipinski definition) is 1. The van der Waals surface area contributed by atoms with Crippen LogP contribution in [0.3, 0.4) is 0 Å². The molecular weight excluding hydrogens is 300 g/mol. The van der Waals surface area contributed by atoms with Crippen LogP contribution < -0.4 is 5.73 Å². The predicted octanol–water partition coefficient (Wildman–Crippen LogP) is 4.14. The highest BCUT2D eigenvalue weighted by Gasteiger charge is 2.01. The third-order valence-corrected chi connectivity index (χ3v) is 3.09. The van der Waals surface area contributed by atoms with Gasteiger partial charge in [0.05, 0.1) is 5.69 Å². The molecule has 0 aliphatic carbocycles. The quantitative estimate of drug-likeness (QED) is 0.657. The SMILES string of the molecule is NC(=Nc1ccc(Cl)cc1Br)c1ccccc1. The molecule has 0 spiro atoms. The molecule has 0 aromatic heterocycles. The largest absolute Gasteiger partial charge is 0.383 e. The molecule has 2 nitrogen and oxygen atoms in total. The van der Waals surface area contributed by atoms with E-state index >= 15 is 0 Å². The lowest BCUT2D eigenvalue weighted by Crippen LogP contribution is -2.12. The lowest BCUT2D eigenvalue weighted by molar-refractivity contribution is 1.43. The van der Waals surface area contributed by atoms with E-state index in [1.54, 1.807) is 12.1 Å². The molecule has 4 heteroatoms. The van der Waals surface area contributed by atoms with Crippen LogP contribution in [-0.2, 0) is 0 Å². The molecule has 0 heterocycles. The number of nitrogens with two attached hydrogens (primary N) is 1. The van der Waals surface area contributed by atoms with Crippen LogP contribution in [-0.4, -0.2) is 5.84 Å². The summed E-state index contributed by atoms with van der Waals surface area (Å²) >= 11 is 9.26. The maximum absolute atomic E-state index is 5.93. The van der Waals surface area contributed by atoms with Crippen LogP contribution in [0.5, 0.6) is 0 Å². The van der Waals surface area contributed by atoms with E-state index in [1.165, 1.54) is 0 Å². The molecule has 86 valence electrons. The lowest BCUT2D eigenvalue weighted by Gasteiger charge is -2.03. The van der Waals surface area contributed by atoms with Gasteiger partial charge in [-0.05, 0) is 34.1 Å². The molecule has 2 N–H and O–H groups in total. The fourth-order valence-electron chi connectivity index (χ4n) is 1.38. The molecule has 17 heavy (non-hydrogen) atoms. The first-order chi connectivity index (χ1) is 8.16. The Labute approximate surface area is 113 Å². The Bertz CT molecular complexity index is 553. The number of amidine groups is 1. The summed E-state index contributed by atoms with van der Waals surface area (Å²) in [6, 6.07) is 15.0. The van der Waals surface area contributed by atoms with E-state index in [-0.39, 0.29) is 0 Å². The van der Waals surface area contributed by atoms with Crippen LogP contribution in [0.2, 0.25) is 5.02 Å². The third-order valence-electron chi connectivity index (χ3n) is 2.22. The Balaban J connectivity index is 2.36. The maximum atomic E-state index is 5.93. The minimum absolute atomic E-state index is 0.480. The second-order valence-electron chi connectivity index (χ2n) is 3.46. The van der Waals surface area contributed by atoms with E-state index in [9.17, 15) is 0 Å². The van der Waals surface area contributed by atoms with E-state index in [4.69, 9.17) is 17.3 Å². The molecule has 2 aromatic rings. The van der Waals surface area contributed by atoms with Gasteiger partial charge in [0.25, 0.3) is 0 Å². The molecule has 2 aromatic carbocycles. The van der Waals surface area contributed by atoms with Gasteiger partial charge in [0.2, 0.25) is 0 Å². The molecule has 0 atom stereocenters. The zero-order chi connectivity index (χ0) is 12.3. The van der Waals surface area contributed by atoms with Gasteiger partial charge in [-0.2, -0.15) is 0 Å². The molecule has 0 bridgehead atoms. The summed E-state index contributed by atoms with van der Waals surface area (Å²) in [5.41, 5.74) is 7.59. The standard InChI is InChI=1S/C13H10BrClN2/c14-11-8-10(15)6-7-12(11)17-13(16)9-4-2-1-3-5-9/h1-8H,(H2,16,17). The van der Waals surface area contributed by atoms with Crippen molar-refractivity contribution in [3.05, 3.63) is 63.6 Å². The topological polar surface area (TPSA) is 38.4 Å². The number of hydrogen-bond donors (Lipinski definition) is 1. The third kappa shape index (κ3) is 3.08. The minimum atomic E-state index is 0.480. The van der Waals surface area contributed by atoms with Crippen molar-refractivity contribution < 1.29 is 0 Å². The summed E-state index contributed by atoms with van der Waals surface area (Å²) in [7, 11) is 0. The smallest absolute Gasteiger partial charge is 0.131 e. The Kier molecular flexibility index (Phi) is 3.82. The van der Waals surface area contributed by atoms with Gasteiger partial charge < -0.3 is 5.73 Å². The molecule has 0 aliphatic heterocycles. The van der Waals surface area contributed by atoms with Crippen molar-refractivity contribution in [2.45, 2.75) is 0 Å². The lowest BCUT2D eigenvalue weighted by atomic mass is 10.2. The van der Waals surface area contributed by atoms with Crippen molar-refractivity contribution >= 4 is 39.1 Å². The van der Waals surface area contributed by atoms with E-state index in [0.717, 1.165) is 15.7 Å². The summed E-state index contributed by atoms with van der Waals surface area (Å²) in [5.74, 6) is 0.480. The van der Waals surface area contributed by atoms with Crippen molar-refractivity contribution in [3.8, 4) is 0 Å². The molecule has 0 aliphatic rings. The van der Waals surface area contributed by atoms with Crippen molar-refractivity contribution in [2.75, 3.05) is 0 Å². The average Bonchev–Trinajstić information content (AvgIpc) is 2.34. The van der Waals surface area contributed by atoms with Crippen LogP contribution in [0.25, 0.3) is 0 Å². The number of benzene rings is 2. The molecular formula is C13H10BrClN2. The first-order valence-electron chi connectivity index (χ1n) is 5.01. The number of rotatable bonds is 2. The number of halogens is 2. The monoisotopic (exact) mass is 308 g/mol. The van der Waals surface area contributed by atoms with Gasteiger partial charge in [0.15, 0.2) is 0 Å². The van der Waals surface area contributed by atoms with E-state index in [1.807, 2.05) is 36.4 Å². The van der Waals surface area contributed by atoms with Gasteiger partial charge in [-0.3, -0.25) is 0 Å².